The summed E-state index contributed by atoms with van der Waals surface area (Å²) < 4.78 is 3.70. The number of carbonyl (C=O) groups excluding carboxylic acids is 1. The molecule has 3 rings (SSSR count). The monoisotopic (exact) mass is 240 g/mol. The van der Waals surface area contributed by atoms with Crippen molar-refractivity contribution in [2.75, 3.05) is 0 Å². The van der Waals surface area contributed by atoms with E-state index in [0.29, 0.717) is 12.1 Å². The molecule has 0 bridgehead atoms. The molecule has 0 aliphatic heterocycles. The Bertz CT molecular complexity index is 711. The number of aromatic nitrogens is 4. The first kappa shape index (κ1) is 10.7. The molecule has 5 nitrogen and oxygen atoms in total. The van der Waals surface area contributed by atoms with E-state index < -0.39 is 0 Å². The number of nitrogens with zero attached hydrogens (tertiary/aromatic N) is 4. The van der Waals surface area contributed by atoms with Crippen LogP contribution in [0.4, 0.5) is 0 Å². The Morgan fingerprint density at radius 1 is 1.39 bits per heavy atom. The van der Waals surface area contributed by atoms with Gasteiger partial charge in [-0.3, -0.25) is 9.48 Å². The SMILES string of the molecule is Cn1ccc(Cn2cc(C=O)c3cccnc32)n1. The van der Waals surface area contributed by atoms with Gasteiger partial charge in [0.25, 0.3) is 0 Å². The highest BCUT2D eigenvalue weighted by Gasteiger charge is 2.09. The number of carbonyl (C=O) groups is 1. The van der Waals surface area contributed by atoms with Crippen LogP contribution in [-0.2, 0) is 13.6 Å². The number of hydrogen-bond donors (Lipinski definition) is 0. The van der Waals surface area contributed by atoms with Gasteiger partial charge in [-0.25, -0.2) is 4.98 Å². The Morgan fingerprint density at radius 2 is 2.28 bits per heavy atom. The molecule has 3 aromatic rings. The van der Waals surface area contributed by atoms with Crippen molar-refractivity contribution < 1.29 is 4.79 Å². The van der Waals surface area contributed by atoms with Gasteiger partial charge in [-0.2, -0.15) is 5.10 Å². The summed E-state index contributed by atoms with van der Waals surface area (Å²) in [4.78, 5) is 15.4. The first-order valence-corrected chi connectivity index (χ1v) is 5.65. The van der Waals surface area contributed by atoms with Crippen molar-refractivity contribution in [3.05, 3.63) is 48.0 Å². The molecule has 3 aromatic heterocycles. The molecule has 0 aliphatic carbocycles. The van der Waals surface area contributed by atoms with Crippen molar-refractivity contribution in [2.24, 2.45) is 7.05 Å². The summed E-state index contributed by atoms with van der Waals surface area (Å²) in [6.07, 6.45) is 6.30. The molecule has 0 aromatic carbocycles. The summed E-state index contributed by atoms with van der Waals surface area (Å²) in [5, 5.41) is 5.21. The van der Waals surface area contributed by atoms with E-state index in [1.165, 1.54) is 0 Å². The van der Waals surface area contributed by atoms with Crippen molar-refractivity contribution in [1.29, 1.82) is 0 Å². The first-order valence-electron chi connectivity index (χ1n) is 5.65. The summed E-state index contributed by atoms with van der Waals surface area (Å²) in [6, 6.07) is 5.69. The molecule has 0 amide bonds. The van der Waals surface area contributed by atoms with E-state index in [1.54, 1.807) is 10.9 Å². The third kappa shape index (κ3) is 1.69. The van der Waals surface area contributed by atoms with Gasteiger partial charge in [0.05, 0.1) is 12.2 Å². The molecular formula is C13H12N4O. The van der Waals surface area contributed by atoms with Crippen LogP contribution in [0.5, 0.6) is 0 Å². The number of pyridine rings is 1. The van der Waals surface area contributed by atoms with Crippen LogP contribution in [0, 0.1) is 0 Å². The van der Waals surface area contributed by atoms with Gasteiger partial charge in [-0.15, -0.1) is 0 Å². The highest BCUT2D eigenvalue weighted by molar-refractivity contribution is 5.95. The fraction of sp³-hybridized carbons (Fsp3) is 0.154. The zero-order valence-corrected chi connectivity index (χ0v) is 9.95. The minimum atomic E-state index is 0.613. The minimum absolute atomic E-state index is 0.613. The normalized spacial score (nSPS) is 10.9. The van der Waals surface area contributed by atoms with E-state index in [4.69, 9.17) is 0 Å². The molecule has 0 unspecified atom stereocenters. The highest BCUT2D eigenvalue weighted by atomic mass is 16.1. The van der Waals surface area contributed by atoms with E-state index in [9.17, 15) is 4.79 Å². The van der Waals surface area contributed by atoms with Crippen LogP contribution in [0.25, 0.3) is 11.0 Å². The van der Waals surface area contributed by atoms with Gasteiger partial charge >= 0.3 is 0 Å². The molecule has 0 N–H and O–H groups in total. The van der Waals surface area contributed by atoms with Crippen molar-refractivity contribution in [3.63, 3.8) is 0 Å². The number of aryl methyl sites for hydroxylation is 1. The molecule has 0 fully saturated rings. The zero-order chi connectivity index (χ0) is 12.5. The van der Waals surface area contributed by atoms with Crippen LogP contribution >= 0.6 is 0 Å². The third-order valence-electron chi connectivity index (χ3n) is 2.89. The molecule has 0 saturated carbocycles. The lowest BCUT2D eigenvalue weighted by molar-refractivity contribution is 0.112. The molecule has 90 valence electrons. The maximum Gasteiger partial charge on any atom is 0.152 e. The van der Waals surface area contributed by atoms with E-state index in [2.05, 4.69) is 10.1 Å². The van der Waals surface area contributed by atoms with Crippen molar-refractivity contribution >= 4 is 17.3 Å². The largest absolute Gasteiger partial charge is 0.326 e. The number of hydrogen-bond acceptors (Lipinski definition) is 3. The molecule has 18 heavy (non-hydrogen) atoms. The average Bonchev–Trinajstić information content (AvgIpc) is 2.95. The van der Waals surface area contributed by atoms with Crippen molar-refractivity contribution in [2.45, 2.75) is 6.54 Å². The zero-order valence-electron chi connectivity index (χ0n) is 9.95. The fourth-order valence-corrected chi connectivity index (χ4v) is 2.09. The molecule has 0 aliphatic rings. The Hall–Kier alpha value is -2.43. The fourth-order valence-electron chi connectivity index (χ4n) is 2.09. The summed E-state index contributed by atoms with van der Waals surface area (Å²) in [7, 11) is 1.88. The average molecular weight is 240 g/mol. The predicted molar refractivity (Wildman–Crippen MR) is 67.4 cm³/mol. The molecule has 0 atom stereocenters. The van der Waals surface area contributed by atoms with Crippen LogP contribution in [0.1, 0.15) is 16.1 Å². The number of rotatable bonds is 3. The number of fused-ring (bicyclic) bond motifs is 1. The van der Waals surface area contributed by atoms with Crippen LogP contribution in [0.15, 0.2) is 36.8 Å². The second kappa shape index (κ2) is 4.10. The standard InChI is InChI=1S/C13H12N4O/c1-16-6-4-11(15-16)8-17-7-10(9-18)12-3-2-5-14-13(12)17/h2-7,9H,8H2,1H3. The predicted octanol–water partition coefficient (Wildman–Crippen LogP) is 1.63. The number of aldehydes is 1. The lowest BCUT2D eigenvalue weighted by Crippen LogP contribution is -2.00. The smallest absolute Gasteiger partial charge is 0.152 e. The van der Waals surface area contributed by atoms with Crippen LogP contribution < -0.4 is 0 Å². The first-order chi connectivity index (χ1) is 8.78. The van der Waals surface area contributed by atoms with Crippen LogP contribution in [0.2, 0.25) is 0 Å². The molecular weight excluding hydrogens is 228 g/mol. The Labute approximate surface area is 104 Å². The van der Waals surface area contributed by atoms with E-state index in [-0.39, 0.29) is 0 Å². The van der Waals surface area contributed by atoms with E-state index in [1.807, 2.05) is 42.2 Å². The second-order valence-corrected chi connectivity index (χ2v) is 4.19. The minimum Gasteiger partial charge on any atom is -0.326 e. The van der Waals surface area contributed by atoms with Gasteiger partial charge in [0, 0.05) is 36.6 Å². The van der Waals surface area contributed by atoms with Gasteiger partial charge in [0.15, 0.2) is 6.29 Å². The maximum absolute atomic E-state index is 11.0. The van der Waals surface area contributed by atoms with Gasteiger partial charge in [0.2, 0.25) is 0 Å². The quantitative estimate of drug-likeness (QED) is 0.654. The maximum atomic E-state index is 11.0. The summed E-state index contributed by atoms with van der Waals surface area (Å²) in [5.41, 5.74) is 2.41. The summed E-state index contributed by atoms with van der Waals surface area (Å²) in [6.45, 7) is 0.613. The Kier molecular flexibility index (Phi) is 2.44. The van der Waals surface area contributed by atoms with E-state index in [0.717, 1.165) is 23.0 Å². The second-order valence-electron chi connectivity index (χ2n) is 4.19. The highest BCUT2D eigenvalue weighted by Crippen LogP contribution is 2.18. The molecule has 0 saturated heterocycles. The van der Waals surface area contributed by atoms with Gasteiger partial charge in [-0.05, 0) is 18.2 Å². The third-order valence-corrected chi connectivity index (χ3v) is 2.89. The lowest BCUT2D eigenvalue weighted by atomic mass is 10.2. The molecule has 0 radical (unpaired) electrons. The van der Waals surface area contributed by atoms with Crippen molar-refractivity contribution in [3.8, 4) is 0 Å². The topological polar surface area (TPSA) is 52.7 Å². The van der Waals surface area contributed by atoms with Crippen LogP contribution in [0.3, 0.4) is 0 Å². The molecule has 3 heterocycles. The molecule has 5 heteroatoms. The van der Waals surface area contributed by atoms with Crippen molar-refractivity contribution in [1.82, 2.24) is 19.3 Å². The van der Waals surface area contributed by atoms with Gasteiger partial charge < -0.3 is 4.57 Å². The molecule has 0 spiro atoms. The van der Waals surface area contributed by atoms with Crippen LogP contribution in [-0.4, -0.2) is 25.6 Å². The van der Waals surface area contributed by atoms with Gasteiger partial charge in [0.1, 0.15) is 5.65 Å². The lowest BCUT2D eigenvalue weighted by Gasteiger charge is -2.01. The van der Waals surface area contributed by atoms with Gasteiger partial charge in [-0.1, -0.05) is 0 Å². The summed E-state index contributed by atoms with van der Waals surface area (Å²) in [5.74, 6) is 0. The Morgan fingerprint density at radius 3 is 3.00 bits per heavy atom. The summed E-state index contributed by atoms with van der Waals surface area (Å²) >= 11 is 0. The van der Waals surface area contributed by atoms with E-state index >= 15 is 0 Å². The Balaban J connectivity index is 2.09.